The molecule has 0 radical (unpaired) electrons. The van der Waals surface area contributed by atoms with Crippen LogP contribution in [0, 0.1) is 0 Å². The lowest BCUT2D eigenvalue weighted by atomic mass is 10.2. The number of nitrogens with one attached hydrogen (secondary N) is 2. The number of methoxy groups -OCH3 is 2. The highest BCUT2D eigenvalue weighted by Crippen LogP contribution is 2.31. The molecule has 4 aromatic rings. The molecule has 0 unspecified atom stereocenters. The highest BCUT2D eigenvalue weighted by molar-refractivity contribution is 8.01. The van der Waals surface area contributed by atoms with Crippen LogP contribution in [0.25, 0.3) is 0 Å². The number of ether oxygens (including phenoxy) is 3. The lowest BCUT2D eigenvalue weighted by Gasteiger charge is -2.11. The summed E-state index contributed by atoms with van der Waals surface area (Å²) in [5.41, 5.74) is 1.44. The van der Waals surface area contributed by atoms with E-state index in [4.69, 9.17) is 14.2 Å². The van der Waals surface area contributed by atoms with Crippen molar-refractivity contribution in [2.45, 2.75) is 4.34 Å². The minimum Gasteiger partial charge on any atom is -0.497 e. The standard InChI is InChI=1S/C24H22N4O4S2/c1-30-19-12-13-20(21(14-19)31-2)26-22(29)15-33-24-28-27-23(34-24)25-16-8-10-18(11-9-16)32-17-6-4-3-5-7-17/h3-14H,15H2,1-2H3,(H,25,27)(H,26,29). The molecular weight excluding hydrogens is 472 g/mol. The fraction of sp³-hybridized carbons (Fsp3) is 0.125. The van der Waals surface area contributed by atoms with Crippen molar-refractivity contribution in [3.8, 4) is 23.0 Å². The molecule has 174 valence electrons. The zero-order chi connectivity index (χ0) is 23.8. The van der Waals surface area contributed by atoms with E-state index >= 15 is 0 Å². The number of anilines is 3. The maximum Gasteiger partial charge on any atom is 0.234 e. The van der Waals surface area contributed by atoms with Gasteiger partial charge in [0.25, 0.3) is 0 Å². The summed E-state index contributed by atoms with van der Waals surface area (Å²) in [5, 5.41) is 15.0. The van der Waals surface area contributed by atoms with Gasteiger partial charge in [0.05, 0.1) is 25.7 Å². The quantitative estimate of drug-likeness (QED) is 0.266. The summed E-state index contributed by atoms with van der Waals surface area (Å²) in [5.74, 6) is 2.71. The van der Waals surface area contributed by atoms with Gasteiger partial charge in [0, 0.05) is 11.8 Å². The minimum absolute atomic E-state index is 0.174. The zero-order valence-corrected chi connectivity index (χ0v) is 20.1. The number of amides is 1. The van der Waals surface area contributed by atoms with Crippen LogP contribution < -0.4 is 24.8 Å². The molecule has 0 aliphatic rings. The summed E-state index contributed by atoms with van der Waals surface area (Å²) in [4.78, 5) is 12.4. The molecule has 34 heavy (non-hydrogen) atoms. The van der Waals surface area contributed by atoms with Gasteiger partial charge in [0.1, 0.15) is 23.0 Å². The molecule has 10 heteroatoms. The third-order valence-electron chi connectivity index (χ3n) is 4.50. The fourth-order valence-electron chi connectivity index (χ4n) is 2.89. The molecule has 2 N–H and O–H groups in total. The number of rotatable bonds is 10. The van der Waals surface area contributed by atoms with E-state index in [0.717, 1.165) is 17.2 Å². The lowest BCUT2D eigenvalue weighted by Crippen LogP contribution is -2.14. The molecule has 4 rings (SSSR count). The van der Waals surface area contributed by atoms with Crippen molar-refractivity contribution in [3.63, 3.8) is 0 Å². The van der Waals surface area contributed by atoms with E-state index in [0.29, 0.717) is 26.7 Å². The van der Waals surface area contributed by atoms with Crippen molar-refractivity contribution >= 4 is 45.5 Å². The maximum atomic E-state index is 12.4. The Balaban J connectivity index is 1.28. The first-order valence-electron chi connectivity index (χ1n) is 10.2. The van der Waals surface area contributed by atoms with Gasteiger partial charge in [0.15, 0.2) is 4.34 Å². The number of benzene rings is 3. The molecule has 1 heterocycles. The highest BCUT2D eigenvalue weighted by Gasteiger charge is 2.12. The van der Waals surface area contributed by atoms with Crippen molar-refractivity contribution in [1.82, 2.24) is 10.2 Å². The van der Waals surface area contributed by atoms with E-state index in [2.05, 4.69) is 20.8 Å². The number of hydrogen-bond acceptors (Lipinski definition) is 9. The molecule has 1 aromatic heterocycles. The van der Waals surface area contributed by atoms with Crippen LogP contribution in [-0.4, -0.2) is 36.1 Å². The van der Waals surface area contributed by atoms with Crippen LogP contribution >= 0.6 is 23.1 Å². The van der Waals surface area contributed by atoms with Crippen molar-refractivity contribution in [2.75, 3.05) is 30.6 Å². The van der Waals surface area contributed by atoms with Gasteiger partial charge in [-0.1, -0.05) is 41.3 Å². The number of thioether (sulfide) groups is 1. The van der Waals surface area contributed by atoms with Gasteiger partial charge in [-0.25, -0.2) is 0 Å². The van der Waals surface area contributed by atoms with Crippen molar-refractivity contribution in [2.24, 2.45) is 0 Å². The van der Waals surface area contributed by atoms with Crippen molar-refractivity contribution in [1.29, 1.82) is 0 Å². The maximum absolute atomic E-state index is 12.4. The Hall–Kier alpha value is -3.76. The predicted octanol–water partition coefficient (Wildman–Crippen LogP) is 5.82. The minimum atomic E-state index is -0.174. The van der Waals surface area contributed by atoms with E-state index in [1.165, 1.54) is 23.1 Å². The first-order valence-corrected chi connectivity index (χ1v) is 12.0. The molecule has 0 aliphatic heterocycles. The number of aromatic nitrogens is 2. The summed E-state index contributed by atoms with van der Waals surface area (Å²) < 4.78 is 17.0. The SMILES string of the molecule is COc1ccc(NC(=O)CSc2nnc(Nc3ccc(Oc4ccccc4)cc3)s2)c(OC)c1. The number of para-hydroxylation sites is 1. The van der Waals surface area contributed by atoms with Gasteiger partial charge in [-0.05, 0) is 48.5 Å². The Bertz CT molecular complexity index is 1230. The second-order valence-electron chi connectivity index (χ2n) is 6.84. The molecule has 8 nitrogen and oxygen atoms in total. The molecule has 0 spiro atoms. The van der Waals surface area contributed by atoms with E-state index in [1.807, 2.05) is 54.6 Å². The number of carbonyl (C=O) groups is 1. The first-order chi connectivity index (χ1) is 16.6. The van der Waals surface area contributed by atoms with Crippen molar-refractivity contribution < 1.29 is 19.0 Å². The highest BCUT2D eigenvalue weighted by atomic mass is 32.2. The monoisotopic (exact) mass is 494 g/mol. The second kappa shape index (κ2) is 11.4. The van der Waals surface area contributed by atoms with Crippen LogP contribution in [-0.2, 0) is 4.79 Å². The fourth-order valence-corrected chi connectivity index (χ4v) is 4.46. The summed E-state index contributed by atoms with van der Waals surface area (Å²) in [7, 11) is 3.11. The summed E-state index contributed by atoms with van der Waals surface area (Å²) in [6, 6.07) is 22.4. The van der Waals surface area contributed by atoms with Crippen LogP contribution in [0.3, 0.4) is 0 Å². The molecule has 0 saturated heterocycles. The lowest BCUT2D eigenvalue weighted by molar-refractivity contribution is -0.113. The topological polar surface area (TPSA) is 94.6 Å². The molecule has 0 bridgehead atoms. The predicted molar refractivity (Wildman–Crippen MR) is 135 cm³/mol. The Morgan fingerprint density at radius 3 is 2.38 bits per heavy atom. The average Bonchev–Trinajstić information content (AvgIpc) is 3.32. The Labute approximate surface area is 205 Å². The van der Waals surface area contributed by atoms with E-state index < -0.39 is 0 Å². The van der Waals surface area contributed by atoms with Gasteiger partial charge in [0.2, 0.25) is 11.0 Å². The van der Waals surface area contributed by atoms with Crippen LogP contribution in [0.4, 0.5) is 16.5 Å². The van der Waals surface area contributed by atoms with Gasteiger partial charge < -0.3 is 24.8 Å². The van der Waals surface area contributed by atoms with Crippen LogP contribution in [0.15, 0.2) is 77.1 Å². The smallest absolute Gasteiger partial charge is 0.234 e. The third kappa shape index (κ3) is 6.40. The van der Waals surface area contributed by atoms with Gasteiger partial charge in [-0.2, -0.15) is 0 Å². The molecule has 0 saturated carbocycles. The summed E-state index contributed by atoms with van der Waals surface area (Å²) >= 11 is 2.68. The van der Waals surface area contributed by atoms with Crippen LogP contribution in [0.5, 0.6) is 23.0 Å². The number of nitrogens with zero attached hydrogens (tertiary/aromatic N) is 2. The average molecular weight is 495 g/mol. The summed E-state index contributed by atoms with van der Waals surface area (Å²) in [6.07, 6.45) is 0. The first kappa shape index (κ1) is 23.4. The molecule has 0 aliphatic carbocycles. The molecular formula is C24H22N4O4S2. The van der Waals surface area contributed by atoms with Gasteiger partial charge in [-0.15, -0.1) is 10.2 Å². The Morgan fingerprint density at radius 1 is 0.912 bits per heavy atom. The largest absolute Gasteiger partial charge is 0.497 e. The normalized spacial score (nSPS) is 10.4. The van der Waals surface area contributed by atoms with E-state index in [9.17, 15) is 4.79 Å². The van der Waals surface area contributed by atoms with E-state index in [-0.39, 0.29) is 11.7 Å². The van der Waals surface area contributed by atoms with Crippen molar-refractivity contribution in [3.05, 3.63) is 72.8 Å². The van der Waals surface area contributed by atoms with Crippen LogP contribution in [0.2, 0.25) is 0 Å². The Kier molecular flexibility index (Phi) is 7.84. The molecule has 1 amide bonds. The zero-order valence-electron chi connectivity index (χ0n) is 18.5. The molecule has 3 aromatic carbocycles. The number of carbonyl (C=O) groups excluding carboxylic acids is 1. The van der Waals surface area contributed by atoms with Gasteiger partial charge >= 0.3 is 0 Å². The van der Waals surface area contributed by atoms with Gasteiger partial charge in [-0.3, -0.25) is 4.79 Å². The third-order valence-corrected chi connectivity index (χ3v) is 6.47. The molecule has 0 fully saturated rings. The second-order valence-corrected chi connectivity index (χ2v) is 9.04. The van der Waals surface area contributed by atoms with Crippen LogP contribution in [0.1, 0.15) is 0 Å². The molecule has 0 atom stereocenters. The number of hydrogen-bond donors (Lipinski definition) is 2. The van der Waals surface area contributed by atoms with E-state index in [1.54, 1.807) is 32.4 Å². The Morgan fingerprint density at radius 2 is 1.65 bits per heavy atom. The summed E-state index contributed by atoms with van der Waals surface area (Å²) in [6.45, 7) is 0.